The van der Waals surface area contributed by atoms with Crippen molar-refractivity contribution in [2.45, 2.75) is 90.6 Å². The molecule has 3 aliphatic rings. The maximum absolute atomic E-state index is 13.5. The van der Waals surface area contributed by atoms with Crippen molar-refractivity contribution in [1.82, 2.24) is 0 Å². The maximum Gasteiger partial charge on any atom is 0.303 e. The molecule has 2 aliphatic carbocycles. The lowest BCUT2D eigenvalue weighted by molar-refractivity contribution is -0.307. The van der Waals surface area contributed by atoms with Crippen LogP contribution in [0.25, 0.3) is 0 Å². The molecule has 5 nitrogen and oxygen atoms in total. The molecule has 1 saturated heterocycles. The summed E-state index contributed by atoms with van der Waals surface area (Å²) < 4.78 is 12.1. The Hall–Kier alpha value is -1.20. The molecule has 3 fully saturated rings. The summed E-state index contributed by atoms with van der Waals surface area (Å²) in [7, 11) is 0. The predicted octanol–water partition coefficient (Wildman–Crippen LogP) is 3.43. The lowest BCUT2D eigenvalue weighted by Gasteiger charge is -2.67. The van der Waals surface area contributed by atoms with Gasteiger partial charge >= 0.3 is 5.97 Å². The van der Waals surface area contributed by atoms with Gasteiger partial charge in [-0.15, -0.1) is 6.58 Å². The van der Waals surface area contributed by atoms with Gasteiger partial charge in [-0.3, -0.25) is 9.59 Å². The Kier molecular flexibility index (Phi) is 4.68. The first-order chi connectivity index (χ1) is 12.3. The number of ketones is 1. The Bertz CT molecular complexity index is 670. The van der Waals surface area contributed by atoms with Gasteiger partial charge < -0.3 is 14.6 Å². The number of carbonyl (C=O) groups excluding carboxylic acids is 2. The predicted molar refractivity (Wildman–Crippen MR) is 102 cm³/mol. The highest BCUT2D eigenvalue weighted by Gasteiger charge is 2.71. The van der Waals surface area contributed by atoms with Crippen LogP contribution >= 0.6 is 0 Å². The number of carbonyl (C=O) groups is 2. The summed E-state index contributed by atoms with van der Waals surface area (Å²) in [4.78, 5) is 25.4. The molecule has 0 aromatic carbocycles. The second kappa shape index (κ2) is 6.15. The van der Waals surface area contributed by atoms with E-state index in [2.05, 4.69) is 27.4 Å². The molecule has 27 heavy (non-hydrogen) atoms. The van der Waals surface area contributed by atoms with Gasteiger partial charge in [-0.2, -0.15) is 0 Å². The number of aliphatic hydroxyl groups is 1. The minimum Gasteiger partial charge on any atom is -0.457 e. The van der Waals surface area contributed by atoms with Crippen LogP contribution in [-0.2, 0) is 19.1 Å². The van der Waals surface area contributed by atoms with E-state index in [1.165, 1.54) is 6.92 Å². The fourth-order valence-electron chi connectivity index (χ4n) is 6.91. The third-order valence-electron chi connectivity index (χ3n) is 7.56. The second-order valence-corrected chi connectivity index (χ2v) is 10.2. The van der Waals surface area contributed by atoms with Crippen LogP contribution in [0.1, 0.15) is 67.2 Å². The van der Waals surface area contributed by atoms with Gasteiger partial charge in [0.25, 0.3) is 0 Å². The molecule has 1 heterocycles. The molecule has 0 amide bonds. The highest BCUT2D eigenvalue weighted by Crippen LogP contribution is 2.65. The number of aliphatic hydroxyl groups excluding tert-OH is 1. The Labute approximate surface area is 162 Å². The molecule has 0 aromatic heterocycles. The highest BCUT2D eigenvalue weighted by atomic mass is 16.6. The monoisotopic (exact) mass is 378 g/mol. The molecule has 0 aromatic rings. The zero-order valence-corrected chi connectivity index (χ0v) is 17.5. The van der Waals surface area contributed by atoms with Crippen LogP contribution in [0, 0.1) is 22.7 Å². The molecule has 5 heteroatoms. The molecule has 152 valence electrons. The number of ether oxygens (including phenoxy) is 2. The smallest absolute Gasteiger partial charge is 0.303 e. The largest absolute Gasteiger partial charge is 0.457 e. The number of Topliss-reactive ketones (excluding diaryl/α,β-unsaturated/α-hetero) is 1. The van der Waals surface area contributed by atoms with Gasteiger partial charge in [0.1, 0.15) is 11.4 Å². The van der Waals surface area contributed by atoms with Crippen LogP contribution in [0.5, 0.6) is 0 Å². The number of hydrogen-bond acceptors (Lipinski definition) is 5. The molecule has 0 radical (unpaired) electrons. The summed E-state index contributed by atoms with van der Waals surface area (Å²) in [5, 5.41) is 11.5. The minimum absolute atomic E-state index is 0.111. The van der Waals surface area contributed by atoms with E-state index in [0.717, 1.165) is 19.3 Å². The average Bonchev–Trinajstić information content (AvgIpc) is 2.49. The first-order valence-corrected chi connectivity index (χ1v) is 10.0. The van der Waals surface area contributed by atoms with Gasteiger partial charge in [0.2, 0.25) is 0 Å². The number of esters is 1. The summed E-state index contributed by atoms with van der Waals surface area (Å²) in [5.41, 5.74) is -2.51. The van der Waals surface area contributed by atoms with Gasteiger partial charge in [0.15, 0.2) is 6.10 Å². The van der Waals surface area contributed by atoms with E-state index < -0.39 is 40.7 Å². The number of rotatable bonds is 2. The molecule has 7 unspecified atom stereocenters. The first-order valence-electron chi connectivity index (χ1n) is 10.0. The Morgan fingerprint density at radius 2 is 1.89 bits per heavy atom. The summed E-state index contributed by atoms with van der Waals surface area (Å²) >= 11 is 0. The van der Waals surface area contributed by atoms with Crippen molar-refractivity contribution in [1.29, 1.82) is 0 Å². The Morgan fingerprint density at radius 1 is 1.26 bits per heavy atom. The van der Waals surface area contributed by atoms with E-state index in [1.54, 1.807) is 6.08 Å². The van der Waals surface area contributed by atoms with E-state index in [4.69, 9.17) is 9.47 Å². The lowest BCUT2D eigenvalue weighted by atomic mass is 9.42. The summed E-state index contributed by atoms with van der Waals surface area (Å²) in [6.07, 6.45) is 2.94. The summed E-state index contributed by atoms with van der Waals surface area (Å²) in [6, 6.07) is 0. The van der Waals surface area contributed by atoms with Crippen LogP contribution in [0.15, 0.2) is 12.7 Å². The first kappa shape index (κ1) is 20.5. The highest BCUT2D eigenvalue weighted by molar-refractivity contribution is 5.86. The van der Waals surface area contributed by atoms with Crippen molar-refractivity contribution >= 4 is 11.8 Å². The van der Waals surface area contributed by atoms with Gasteiger partial charge in [-0.05, 0) is 43.4 Å². The van der Waals surface area contributed by atoms with Crippen LogP contribution in [0.3, 0.4) is 0 Å². The van der Waals surface area contributed by atoms with E-state index in [0.29, 0.717) is 0 Å². The van der Waals surface area contributed by atoms with Crippen LogP contribution in [0.4, 0.5) is 0 Å². The van der Waals surface area contributed by atoms with Crippen molar-refractivity contribution in [3.63, 3.8) is 0 Å². The van der Waals surface area contributed by atoms with Gasteiger partial charge in [0.05, 0.1) is 17.6 Å². The molecule has 3 rings (SSSR count). The van der Waals surface area contributed by atoms with E-state index >= 15 is 0 Å². The van der Waals surface area contributed by atoms with Crippen molar-refractivity contribution in [3.05, 3.63) is 12.7 Å². The van der Waals surface area contributed by atoms with Gasteiger partial charge in [-0.25, -0.2) is 0 Å². The lowest BCUT2D eigenvalue weighted by Crippen LogP contribution is -2.75. The molecule has 7 atom stereocenters. The fourth-order valence-corrected chi connectivity index (χ4v) is 6.91. The van der Waals surface area contributed by atoms with Crippen LogP contribution in [-0.4, -0.2) is 40.3 Å². The molecule has 1 aliphatic heterocycles. The zero-order chi connectivity index (χ0) is 20.4. The molecular formula is C22H34O5. The topological polar surface area (TPSA) is 72.8 Å². The Balaban J connectivity index is 2.20. The van der Waals surface area contributed by atoms with E-state index in [-0.39, 0.29) is 23.5 Å². The molecule has 1 N–H and O–H groups in total. The Morgan fingerprint density at radius 3 is 2.44 bits per heavy atom. The minimum atomic E-state index is -1.10. The van der Waals surface area contributed by atoms with Crippen LogP contribution in [0.2, 0.25) is 0 Å². The number of hydrogen-bond donors (Lipinski definition) is 1. The molecule has 0 bridgehead atoms. The van der Waals surface area contributed by atoms with Crippen molar-refractivity contribution in [2.24, 2.45) is 22.7 Å². The van der Waals surface area contributed by atoms with Crippen molar-refractivity contribution < 1.29 is 24.2 Å². The normalized spacial score (nSPS) is 48.9. The summed E-state index contributed by atoms with van der Waals surface area (Å²) in [6.45, 7) is 15.2. The molecule has 0 spiro atoms. The van der Waals surface area contributed by atoms with Gasteiger partial charge in [0, 0.05) is 13.3 Å². The third-order valence-corrected chi connectivity index (χ3v) is 7.56. The summed E-state index contributed by atoms with van der Waals surface area (Å²) in [5.74, 6) is -0.948. The van der Waals surface area contributed by atoms with Crippen molar-refractivity contribution in [2.75, 3.05) is 0 Å². The van der Waals surface area contributed by atoms with Gasteiger partial charge in [-0.1, -0.05) is 33.3 Å². The van der Waals surface area contributed by atoms with Crippen LogP contribution < -0.4 is 0 Å². The molecule has 2 saturated carbocycles. The number of fused-ring (bicyclic) bond motifs is 3. The van der Waals surface area contributed by atoms with E-state index in [1.807, 2.05) is 13.8 Å². The quantitative estimate of drug-likeness (QED) is 0.589. The third kappa shape index (κ3) is 2.89. The zero-order valence-electron chi connectivity index (χ0n) is 17.5. The molecular weight excluding hydrogens is 344 g/mol. The maximum atomic E-state index is 13.5. The van der Waals surface area contributed by atoms with Crippen molar-refractivity contribution in [3.8, 4) is 0 Å². The fraction of sp³-hybridized carbons (Fsp3) is 0.818. The standard InChI is InChI=1S/C22H34O5/c1-8-20(5)12-14(24)16-21(6)11-9-10-19(3,4)17(21)15(25)18(26-13(2)23)22(16,7)27-20/h8,15-18,25H,1,9-12H2,2-7H3. The average molecular weight is 379 g/mol. The second-order valence-electron chi connectivity index (χ2n) is 10.2. The van der Waals surface area contributed by atoms with E-state index in [9.17, 15) is 14.7 Å². The SMILES string of the molecule is C=CC1(C)CC(=O)C2C3(C)CCCC(C)(C)C3C(O)C(OC(C)=O)C2(C)O1.